The van der Waals surface area contributed by atoms with Gasteiger partial charge >= 0.3 is 0 Å². The first-order chi connectivity index (χ1) is 20.1. The van der Waals surface area contributed by atoms with E-state index in [-0.39, 0.29) is 24.4 Å². The summed E-state index contributed by atoms with van der Waals surface area (Å²) in [7, 11) is 0. The largest absolute Gasteiger partial charge is 0.294 e. The molecule has 0 aliphatic heterocycles. The van der Waals surface area contributed by atoms with Gasteiger partial charge in [-0.1, -0.05) is 152 Å². The van der Waals surface area contributed by atoms with Crippen molar-refractivity contribution in [3.8, 4) is 6.07 Å². The van der Waals surface area contributed by atoms with E-state index >= 15 is 0 Å². The Morgan fingerprint density at radius 2 is 0.829 bits per heavy atom. The number of ketones is 2. The Morgan fingerprint density at radius 3 is 1.17 bits per heavy atom. The molecular formula is C38H31NO2. The van der Waals surface area contributed by atoms with E-state index < -0.39 is 17.3 Å². The van der Waals surface area contributed by atoms with Crippen LogP contribution < -0.4 is 0 Å². The lowest BCUT2D eigenvalue weighted by atomic mass is 9.57. The third-order valence-electron chi connectivity index (χ3n) is 7.91. The fraction of sp³-hybridized carbons (Fsp3) is 0.132. The predicted molar refractivity (Wildman–Crippen MR) is 163 cm³/mol. The molecule has 0 radical (unpaired) electrons. The average molecular weight is 534 g/mol. The maximum absolute atomic E-state index is 13.8. The highest BCUT2D eigenvalue weighted by molar-refractivity contribution is 5.97. The van der Waals surface area contributed by atoms with Gasteiger partial charge in [0.15, 0.2) is 11.6 Å². The third-order valence-corrected chi connectivity index (χ3v) is 7.91. The van der Waals surface area contributed by atoms with Crippen molar-refractivity contribution in [2.24, 2.45) is 0 Å². The minimum atomic E-state index is -1.24. The van der Waals surface area contributed by atoms with Crippen LogP contribution in [0.4, 0.5) is 0 Å². The molecule has 0 spiro atoms. The highest BCUT2D eigenvalue weighted by Gasteiger charge is 2.50. The summed E-state index contributed by atoms with van der Waals surface area (Å²) < 4.78 is 0. The Labute approximate surface area is 241 Å². The Balaban J connectivity index is 1.74. The molecule has 0 aliphatic carbocycles. The van der Waals surface area contributed by atoms with Crippen molar-refractivity contribution in [3.63, 3.8) is 0 Å². The van der Waals surface area contributed by atoms with Gasteiger partial charge in [0.1, 0.15) is 0 Å². The van der Waals surface area contributed by atoms with E-state index in [0.29, 0.717) is 11.1 Å². The van der Waals surface area contributed by atoms with Crippen molar-refractivity contribution < 1.29 is 9.59 Å². The molecule has 1 unspecified atom stereocenters. The van der Waals surface area contributed by atoms with Crippen molar-refractivity contribution in [3.05, 3.63) is 179 Å². The zero-order chi connectivity index (χ0) is 28.5. The van der Waals surface area contributed by atoms with E-state index in [1.807, 2.05) is 152 Å². The molecule has 0 saturated carbocycles. The maximum atomic E-state index is 13.8. The van der Waals surface area contributed by atoms with Gasteiger partial charge in [0.05, 0.1) is 11.5 Å². The molecule has 200 valence electrons. The van der Waals surface area contributed by atoms with E-state index in [4.69, 9.17) is 0 Å². The second-order valence-corrected chi connectivity index (χ2v) is 10.3. The predicted octanol–water partition coefficient (Wildman–Crippen LogP) is 8.56. The lowest BCUT2D eigenvalue weighted by Gasteiger charge is -2.42. The summed E-state index contributed by atoms with van der Waals surface area (Å²) in [5, 5.41) is 11.4. The fourth-order valence-electron chi connectivity index (χ4n) is 5.89. The Bertz CT molecular complexity index is 1510. The number of Topliss-reactive ketones (excluding diaryl/α,β-unsaturated/α-hetero) is 2. The van der Waals surface area contributed by atoms with E-state index in [1.165, 1.54) is 0 Å². The molecule has 0 aliphatic rings. The smallest absolute Gasteiger partial charge is 0.163 e. The number of carbonyl (C=O) groups excluding carboxylic acids is 2. The third kappa shape index (κ3) is 5.93. The molecule has 5 rings (SSSR count). The molecule has 0 heterocycles. The van der Waals surface area contributed by atoms with Gasteiger partial charge in [0, 0.05) is 35.8 Å². The van der Waals surface area contributed by atoms with Crippen molar-refractivity contribution in [1.82, 2.24) is 0 Å². The lowest BCUT2D eigenvalue weighted by molar-refractivity contribution is 0.0945. The summed E-state index contributed by atoms with van der Waals surface area (Å²) in [6, 6.07) is 50.4. The van der Waals surface area contributed by atoms with Gasteiger partial charge < -0.3 is 0 Å². The second-order valence-electron chi connectivity index (χ2n) is 10.3. The summed E-state index contributed by atoms with van der Waals surface area (Å²) >= 11 is 0. The number of nitrogens with zero attached hydrogens (tertiary/aromatic N) is 1. The standard InChI is InChI=1S/C38H31NO2/c39-28-38(33-24-14-5-15-25-33,34(29-16-6-1-7-17-29)26-36(40)31-20-10-3-11-21-31)35(30-18-8-2-9-19-30)27-37(41)32-22-12-4-13-23-32/h1-25,34-35H,26-27H2/t34-,35+,38?. The number of benzene rings is 5. The van der Waals surface area contributed by atoms with Gasteiger partial charge in [-0.05, 0) is 16.7 Å². The molecule has 0 aromatic heterocycles. The molecule has 3 heteroatoms. The molecule has 0 amide bonds. The van der Waals surface area contributed by atoms with Gasteiger partial charge in [-0.2, -0.15) is 5.26 Å². The number of carbonyl (C=O) groups is 2. The molecule has 41 heavy (non-hydrogen) atoms. The summed E-state index contributed by atoms with van der Waals surface area (Å²) in [6.45, 7) is 0. The summed E-state index contributed by atoms with van der Waals surface area (Å²) in [6.07, 6.45) is 0.221. The normalized spacial score (nSPS) is 13.7. The zero-order valence-corrected chi connectivity index (χ0v) is 22.8. The molecule has 0 N–H and O–H groups in total. The van der Waals surface area contributed by atoms with Gasteiger partial charge in [-0.15, -0.1) is 0 Å². The Morgan fingerprint density at radius 1 is 0.512 bits per heavy atom. The molecule has 3 atom stereocenters. The molecule has 0 bridgehead atoms. The minimum Gasteiger partial charge on any atom is -0.294 e. The van der Waals surface area contributed by atoms with Crippen LogP contribution in [0.3, 0.4) is 0 Å². The van der Waals surface area contributed by atoms with Crippen molar-refractivity contribution >= 4 is 11.6 Å². The molecule has 3 nitrogen and oxygen atoms in total. The maximum Gasteiger partial charge on any atom is 0.163 e. The zero-order valence-electron chi connectivity index (χ0n) is 22.8. The van der Waals surface area contributed by atoms with E-state index in [1.54, 1.807) is 0 Å². The van der Waals surface area contributed by atoms with Crippen LogP contribution in [-0.2, 0) is 5.41 Å². The lowest BCUT2D eigenvalue weighted by Crippen LogP contribution is -2.41. The quantitative estimate of drug-likeness (QED) is 0.160. The molecular weight excluding hydrogens is 502 g/mol. The highest BCUT2D eigenvalue weighted by Crippen LogP contribution is 2.52. The van der Waals surface area contributed by atoms with Gasteiger partial charge in [-0.3, -0.25) is 9.59 Å². The van der Waals surface area contributed by atoms with E-state index in [2.05, 4.69) is 6.07 Å². The summed E-state index contributed by atoms with van der Waals surface area (Å²) in [5.41, 5.74) is 2.52. The van der Waals surface area contributed by atoms with Crippen LogP contribution in [0, 0.1) is 11.3 Å². The highest BCUT2D eigenvalue weighted by atomic mass is 16.1. The van der Waals surface area contributed by atoms with Crippen molar-refractivity contribution in [2.45, 2.75) is 30.1 Å². The first-order valence-corrected chi connectivity index (χ1v) is 13.9. The van der Waals surface area contributed by atoms with Crippen molar-refractivity contribution in [1.29, 1.82) is 5.26 Å². The number of hydrogen-bond acceptors (Lipinski definition) is 3. The van der Waals surface area contributed by atoms with Gasteiger partial charge in [-0.25, -0.2) is 0 Å². The van der Waals surface area contributed by atoms with Crippen LogP contribution in [0.25, 0.3) is 0 Å². The Kier molecular flexibility index (Phi) is 8.62. The summed E-state index contributed by atoms with van der Waals surface area (Å²) in [4.78, 5) is 27.7. The number of rotatable bonds is 11. The minimum absolute atomic E-state index is 0.0452. The van der Waals surface area contributed by atoms with Crippen LogP contribution in [0.1, 0.15) is 62.1 Å². The van der Waals surface area contributed by atoms with E-state index in [9.17, 15) is 14.9 Å². The van der Waals surface area contributed by atoms with Crippen molar-refractivity contribution in [2.75, 3.05) is 0 Å². The monoisotopic (exact) mass is 533 g/mol. The summed E-state index contributed by atoms with van der Waals surface area (Å²) in [5.74, 6) is -1.15. The van der Waals surface area contributed by atoms with Gasteiger partial charge in [0.2, 0.25) is 0 Å². The van der Waals surface area contributed by atoms with E-state index in [0.717, 1.165) is 16.7 Å². The first kappa shape index (κ1) is 27.5. The van der Waals surface area contributed by atoms with Crippen LogP contribution in [0.2, 0.25) is 0 Å². The first-order valence-electron chi connectivity index (χ1n) is 13.9. The fourth-order valence-corrected chi connectivity index (χ4v) is 5.89. The topological polar surface area (TPSA) is 57.9 Å². The van der Waals surface area contributed by atoms with Crippen LogP contribution in [0.15, 0.2) is 152 Å². The average Bonchev–Trinajstić information content (AvgIpc) is 3.06. The van der Waals surface area contributed by atoms with Crippen LogP contribution in [-0.4, -0.2) is 11.6 Å². The Hall–Kier alpha value is -5.07. The number of nitriles is 1. The molecule has 0 fully saturated rings. The second kappa shape index (κ2) is 12.9. The SMILES string of the molecule is N#CC(c1ccccc1)([C@H](CC(=O)c1ccccc1)c1ccccc1)[C@@H](CC(=O)c1ccccc1)c1ccccc1. The van der Waals surface area contributed by atoms with Crippen LogP contribution >= 0.6 is 0 Å². The molecule has 5 aromatic carbocycles. The molecule has 5 aromatic rings. The molecule has 0 saturated heterocycles. The number of hydrogen-bond donors (Lipinski definition) is 0. The van der Waals surface area contributed by atoms with Crippen LogP contribution in [0.5, 0.6) is 0 Å². The van der Waals surface area contributed by atoms with Gasteiger partial charge in [0.25, 0.3) is 0 Å².